The summed E-state index contributed by atoms with van der Waals surface area (Å²) >= 11 is 11.7. The van der Waals surface area contributed by atoms with Gasteiger partial charge in [-0.05, 0) is 30.2 Å². The van der Waals surface area contributed by atoms with E-state index in [1.807, 2.05) is 24.3 Å². The van der Waals surface area contributed by atoms with Crippen LogP contribution in [0.15, 0.2) is 36.4 Å². The van der Waals surface area contributed by atoms with Crippen molar-refractivity contribution >= 4 is 34.8 Å². The van der Waals surface area contributed by atoms with E-state index < -0.39 is 0 Å². The third-order valence-electron chi connectivity index (χ3n) is 2.90. The third-order valence-corrected chi connectivity index (χ3v) is 3.40. The lowest BCUT2D eigenvalue weighted by atomic mass is 10.1. The molecule has 2 aromatic rings. The number of aromatic nitrogens is 1. The second-order valence-corrected chi connectivity index (χ2v) is 5.07. The highest BCUT2D eigenvalue weighted by atomic mass is 35.5. The predicted molar refractivity (Wildman–Crippen MR) is 84.2 cm³/mol. The number of benzene rings is 1. The molecular formula is C15H14Cl2N2O2. The molecule has 0 saturated carbocycles. The van der Waals surface area contributed by atoms with E-state index in [9.17, 15) is 4.79 Å². The molecule has 0 aliphatic rings. The van der Waals surface area contributed by atoms with Gasteiger partial charge in [-0.2, -0.15) is 0 Å². The van der Waals surface area contributed by atoms with Crippen molar-refractivity contribution in [2.45, 2.75) is 6.42 Å². The largest absolute Gasteiger partial charge is 0.384 e. The van der Waals surface area contributed by atoms with E-state index in [-0.39, 0.29) is 21.8 Å². The molecule has 0 radical (unpaired) electrons. The number of anilines is 1. The van der Waals surface area contributed by atoms with Crippen molar-refractivity contribution in [2.75, 3.05) is 19.0 Å². The Hall–Kier alpha value is -1.62. The van der Waals surface area contributed by atoms with Crippen LogP contribution in [0.3, 0.4) is 0 Å². The average Bonchev–Trinajstić information content (AvgIpc) is 2.46. The van der Waals surface area contributed by atoms with Crippen LogP contribution in [0, 0.1) is 0 Å². The molecule has 1 heterocycles. The zero-order chi connectivity index (χ0) is 15.2. The number of ether oxygens (including phenoxy) is 1. The Morgan fingerprint density at radius 2 is 2.00 bits per heavy atom. The summed E-state index contributed by atoms with van der Waals surface area (Å²) in [6.07, 6.45) is 0.708. The van der Waals surface area contributed by atoms with Gasteiger partial charge in [0, 0.05) is 12.8 Å². The summed E-state index contributed by atoms with van der Waals surface area (Å²) < 4.78 is 5.06. The maximum absolute atomic E-state index is 12.3. The summed E-state index contributed by atoms with van der Waals surface area (Å²) in [5.41, 5.74) is 2.00. The molecule has 1 N–H and O–H groups in total. The number of carbonyl (C=O) groups is 1. The number of carbonyl (C=O) groups excluding carboxylic acids is 1. The number of hydrogen-bond acceptors (Lipinski definition) is 3. The monoisotopic (exact) mass is 324 g/mol. The molecule has 1 amide bonds. The summed E-state index contributed by atoms with van der Waals surface area (Å²) in [7, 11) is 1.64. The van der Waals surface area contributed by atoms with Crippen LogP contribution in [0.25, 0.3) is 0 Å². The fourth-order valence-electron chi connectivity index (χ4n) is 1.84. The molecule has 0 aliphatic heterocycles. The first kappa shape index (κ1) is 15.8. The molecule has 0 bridgehead atoms. The SMILES string of the molecule is COCCc1ccccc1NC(=O)c1ccc(Cl)nc1Cl. The topological polar surface area (TPSA) is 51.2 Å². The number of rotatable bonds is 5. The summed E-state index contributed by atoms with van der Waals surface area (Å²) in [5, 5.41) is 3.16. The number of pyridine rings is 1. The van der Waals surface area contributed by atoms with Crippen molar-refractivity contribution in [1.29, 1.82) is 0 Å². The Bertz CT molecular complexity index is 647. The van der Waals surface area contributed by atoms with E-state index >= 15 is 0 Å². The second-order valence-electron chi connectivity index (χ2n) is 4.33. The van der Waals surface area contributed by atoms with E-state index in [0.29, 0.717) is 13.0 Å². The van der Waals surface area contributed by atoms with Crippen LogP contribution in [-0.2, 0) is 11.2 Å². The number of hydrogen-bond donors (Lipinski definition) is 1. The Morgan fingerprint density at radius 1 is 1.24 bits per heavy atom. The van der Waals surface area contributed by atoms with E-state index in [1.54, 1.807) is 13.2 Å². The molecule has 0 aliphatic carbocycles. The lowest BCUT2D eigenvalue weighted by molar-refractivity contribution is 0.102. The number of nitrogens with one attached hydrogen (secondary N) is 1. The number of halogens is 2. The molecule has 21 heavy (non-hydrogen) atoms. The standard InChI is InChI=1S/C15H14Cl2N2O2/c1-21-9-8-10-4-2-3-5-12(10)18-15(20)11-6-7-13(16)19-14(11)17/h2-7H,8-9H2,1H3,(H,18,20). The molecule has 0 unspecified atom stereocenters. The molecule has 2 rings (SSSR count). The first-order chi connectivity index (χ1) is 10.1. The molecule has 0 spiro atoms. The molecule has 6 heteroatoms. The number of para-hydroxylation sites is 1. The van der Waals surface area contributed by atoms with Crippen LogP contribution in [0.4, 0.5) is 5.69 Å². The zero-order valence-electron chi connectivity index (χ0n) is 11.4. The van der Waals surface area contributed by atoms with Gasteiger partial charge in [0.2, 0.25) is 0 Å². The number of amides is 1. The molecule has 0 fully saturated rings. The van der Waals surface area contributed by atoms with E-state index in [4.69, 9.17) is 27.9 Å². The lowest BCUT2D eigenvalue weighted by Gasteiger charge is -2.11. The van der Waals surface area contributed by atoms with Crippen molar-refractivity contribution in [1.82, 2.24) is 4.98 Å². The van der Waals surface area contributed by atoms with Gasteiger partial charge in [-0.3, -0.25) is 4.79 Å². The van der Waals surface area contributed by atoms with Gasteiger partial charge < -0.3 is 10.1 Å². The molecule has 110 valence electrons. The molecule has 1 aromatic carbocycles. The second kappa shape index (κ2) is 7.41. The molecule has 0 saturated heterocycles. The number of nitrogens with zero attached hydrogens (tertiary/aromatic N) is 1. The first-order valence-corrected chi connectivity index (χ1v) is 7.07. The van der Waals surface area contributed by atoms with Crippen LogP contribution in [0.5, 0.6) is 0 Å². The van der Waals surface area contributed by atoms with Gasteiger partial charge in [0.15, 0.2) is 0 Å². The Balaban J connectivity index is 2.19. The first-order valence-electron chi connectivity index (χ1n) is 6.32. The Kier molecular flexibility index (Phi) is 5.56. The van der Waals surface area contributed by atoms with Crippen LogP contribution in [0.2, 0.25) is 10.3 Å². The molecular weight excluding hydrogens is 311 g/mol. The smallest absolute Gasteiger partial charge is 0.258 e. The van der Waals surface area contributed by atoms with Gasteiger partial charge >= 0.3 is 0 Å². The van der Waals surface area contributed by atoms with Crippen LogP contribution in [-0.4, -0.2) is 24.6 Å². The number of methoxy groups -OCH3 is 1. The van der Waals surface area contributed by atoms with E-state index in [2.05, 4.69) is 10.3 Å². The minimum Gasteiger partial charge on any atom is -0.384 e. The highest BCUT2D eigenvalue weighted by molar-refractivity contribution is 6.35. The van der Waals surface area contributed by atoms with Gasteiger partial charge in [0.05, 0.1) is 12.2 Å². The molecule has 4 nitrogen and oxygen atoms in total. The molecule has 1 aromatic heterocycles. The minimum atomic E-state index is -0.325. The minimum absolute atomic E-state index is 0.0781. The zero-order valence-corrected chi connectivity index (χ0v) is 12.9. The van der Waals surface area contributed by atoms with E-state index in [0.717, 1.165) is 11.3 Å². The maximum Gasteiger partial charge on any atom is 0.258 e. The van der Waals surface area contributed by atoms with Gasteiger partial charge in [-0.15, -0.1) is 0 Å². The van der Waals surface area contributed by atoms with Crippen LogP contribution < -0.4 is 5.32 Å². The van der Waals surface area contributed by atoms with Crippen LogP contribution >= 0.6 is 23.2 Å². The van der Waals surface area contributed by atoms with Crippen LogP contribution in [0.1, 0.15) is 15.9 Å². The maximum atomic E-state index is 12.3. The Labute approximate surface area is 133 Å². The normalized spacial score (nSPS) is 10.4. The van der Waals surface area contributed by atoms with Crippen molar-refractivity contribution in [3.8, 4) is 0 Å². The van der Waals surface area contributed by atoms with Gasteiger partial charge in [0.25, 0.3) is 5.91 Å². The fraction of sp³-hybridized carbons (Fsp3) is 0.200. The average molecular weight is 325 g/mol. The van der Waals surface area contributed by atoms with Crippen molar-refractivity contribution in [2.24, 2.45) is 0 Å². The quantitative estimate of drug-likeness (QED) is 0.850. The highest BCUT2D eigenvalue weighted by Crippen LogP contribution is 2.20. The Morgan fingerprint density at radius 3 is 2.71 bits per heavy atom. The fourth-order valence-corrected chi connectivity index (χ4v) is 2.27. The lowest BCUT2D eigenvalue weighted by Crippen LogP contribution is -2.14. The van der Waals surface area contributed by atoms with Gasteiger partial charge in [0.1, 0.15) is 10.3 Å². The summed E-state index contributed by atoms with van der Waals surface area (Å²) in [4.78, 5) is 16.1. The van der Waals surface area contributed by atoms with Gasteiger partial charge in [-0.25, -0.2) is 4.98 Å². The summed E-state index contributed by atoms with van der Waals surface area (Å²) in [5.74, 6) is -0.325. The summed E-state index contributed by atoms with van der Waals surface area (Å²) in [6, 6.07) is 10.6. The highest BCUT2D eigenvalue weighted by Gasteiger charge is 2.13. The van der Waals surface area contributed by atoms with Crippen molar-refractivity contribution in [3.63, 3.8) is 0 Å². The van der Waals surface area contributed by atoms with E-state index in [1.165, 1.54) is 6.07 Å². The van der Waals surface area contributed by atoms with Gasteiger partial charge in [-0.1, -0.05) is 41.4 Å². The third kappa shape index (κ3) is 4.17. The predicted octanol–water partition coefficient (Wildman–Crippen LogP) is 3.83. The molecule has 0 atom stereocenters. The van der Waals surface area contributed by atoms with Crippen molar-refractivity contribution < 1.29 is 9.53 Å². The van der Waals surface area contributed by atoms with Crippen molar-refractivity contribution in [3.05, 3.63) is 57.8 Å². The summed E-state index contributed by atoms with van der Waals surface area (Å²) in [6.45, 7) is 0.580.